The molecule has 3 rings (SSSR count). The largest absolute Gasteiger partial charge is 0.478 e. The molecule has 0 spiro atoms. The average molecular weight is 290 g/mol. The molecular weight excluding hydrogens is 272 g/mol. The quantitative estimate of drug-likeness (QED) is 0.736. The van der Waals surface area contributed by atoms with E-state index in [0.717, 1.165) is 0 Å². The molecule has 0 aliphatic carbocycles. The molecule has 2 saturated heterocycles. The van der Waals surface area contributed by atoms with Crippen molar-refractivity contribution in [1.82, 2.24) is 5.32 Å². The number of carboxylic acids is 1. The predicted octanol–water partition coefficient (Wildman–Crippen LogP) is 0.462. The third-order valence-electron chi connectivity index (χ3n) is 4.81. The number of carbonyl (C=O) groups is 2. The molecule has 1 aromatic rings. The van der Waals surface area contributed by atoms with Gasteiger partial charge < -0.3 is 20.4 Å². The maximum atomic E-state index is 12.7. The summed E-state index contributed by atoms with van der Waals surface area (Å²) < 4.78 is 0. The van der Waals surface area contributed by atoms with Gasteiger partial charge in [0.2, 0.25) is 5.91 Å². The first kappa shape index (κ1) is 14.0. The van der Waals surface area contributed by atoms with Crippen molar-refractivity contribution in [2.75, 3.05) is 24.5 Å². The van der Waals surface area contributed by atoms with Crippen molar-refractivity contribution >= 4 is 17.6 Å². The second-order valence-electron chi connectivity index (χ2n) is 6.03. The Morgan fingerprint density at radius 2 is 2.00 bits per heavy atom. The molecule has 3 N–H and O–H groups in total. The van der Waals surface area contributed by atoms with E-state index in [0.29, 0.717) is 25.2 Å². The molecule has 0 radical (unpaired) electrons. The van der Waals surface area contributed by atoms with Gasteiger partial charge in [0, 0.05) is 12.2 Å². The van der Waals surface area contributed by atoms with Gasteiger partial charge in [0.15, 0.2) is 0 Å². The van der Waals surface area contributed by atoms with Crippen molar-refractivity contribution in [2.24, 2.45) is 5.41 Å². The summed E-state index contributed by atoms with van der Waals surface area (Å²) >= 11 is 0. The monoisotopic (exact) mass is 290 g/mol. The van der Waals surface area contributed by atoms with Crippen LogP contribution >= 0.6 is 0 Å². The third-order valence-corrected chi connectivity index (χ3v) is 4.81. The van der Waals surface area contributed by atoms with Crippen LogP contribution in [-0.4, -0.2) is 47.3 Å². The summed E-state index contributed by atoms with van der Waals surface area (Å²) in [5.74, 6) is -1.10. The van der Waals surface area contributed by atoms with Crippen LogP contribution < -0.4 is 10.2 Å². The van der Waals surface area contributed by atoms with E-state index in [1.165, 1.54) is 12.1 Å². The molecule has 1 aromatic carbocycles. The highest BCUT2D eigenvalue weighted by Crippen LogP contribution is 2.45. The molecule has 2 aliphatic heterocycles. The first-order valence-electron chi connectivity index (χ1n) is 6.96. The third kappa shape index (κ3) is 1.94. The number of nitrogens with one attached hydrogen (secondary N) is 1. The number of piperidine rings is 1. The number of hydrogen-bond acceptors (Lipinski definition) is 4. The first-order valence-corrected chi connectivity index (χ1v) is 6.96. The molecule has 2 fully saturated rings. The van der Waals surface area contributed by atoms with E-state index in [1.54, 1.807) is 17.0 Å². The molecule has 2 atom stereocenters. The molecule has 6 nitrogen and oxygen atoms in total. The maximum absolute atomic E-state index is 12.7. The van der Waals surface area contributed by atoms with Crippen molar-refractivity contribution in [3.05, 3.63) is 29.8 Å². The molecule has 2 aliphatic rings. The van der Waals surface area contributed by atoms with Crippen molar-refractivity contribution in [1.29, 1.82) is 0 Å². The lowest BCUT2D eigenvalue weighted by molar-refractivity contribution is -0.137. The van der Waals surface area contributed by atoms with Gasteiger partial charge in [-0.3, -0.25) is 4.79 Å². The molecule has 2 unspecified atom stereocenters. The number of nitrogens with zero attached hydrogens (tertiary/aromatic N) is 1. The zero-order valence-corrected chi connectivity index (χ0v) is 11.8. The van der Waals surface area contributed by atoms with Gasteiger partial charge >= 0.3 is 5.97 Å². The first-order chi connectivity index (χ1) is 9.87. The van der Waals surface area contributed by atoms with E-state index in [4.69, 9.17) is 5.11 Å². The van der Waals surface area contributed by atoms with Crippen molar-refractivity contribution in [3.63, 3.8) is 0 Å². The Morgan fingerprint density at radius 3 is 2.57 bits per heavy atom. The summed E-state index contributed by atoms with van der Waals surface area (Å²) in [5, 5.41) is 22.8. The molecule has 2 heterocycles. The zero-order valence-electron chi connectivity index (χ0n) is 11.8. The van der Waals surface area contributed by atoms with Crippen LogP contribution in [0.25, 0.3) is 0 Å². The number of hydrogen-bond donors (Lipinski definition) is 3. The van der Waals surface area contributed by atoms with E-state index in [9.17, 15) is 14.7 Å². The fourth-order valence-electron chi connectivity index (χ4n) is 3.22. The fraction of sp³-hybridized carbons (Fsp3) is 0.467. The number of carboxylic acid groups (broad SMARTS) is 1. The van der Waals surface area contributed by atoms with E-state index < -0.39 is 17.0 Å². The van der Waals surface area contributed by atoms with Crippen LogP contribution in [0.5, 0.6) is 0 Å². The minimum absolute atomic E-state index is 0.102. The van der Waals surface area contributed by atoms with Gasteiger partial charge in [0.25, 0.3) is 0 Å². The number of fused-ring (bicyclic) bond motifs is 1. The second kappa shape index (κ2) is 4.54. The number of β-amino-alcohol motifs (C(OH)–C–C–N with tert-alkyl or cyclic N) is 1. The van der Waals surface area contributed by atoms with E-state index in [2.05, 4.69) is 5.32 Å². The topological polar surface area (TPSA) is 89.9 Å². The number of anilines is 1. The SMILES string of the molecule is CC12CCNCC1(O)CN(c1ccc(C(=O)O)cc1)C2=O. The van der Waals surface area contributed by atoms with Crippen LogP contribution in [0.1, 0.15) is 23.7 Å². The fourth-order valence-corrected chi connectivity index (χ4v) is 3.22. The highest BCUT2D eigenvalue weighted by molar-refractivity contribution is 6.02. The van der Waals surface area contributed by atoms with Crippen LogP contribution in [0.4, 0.5) is 5.69 Å². The molecule has 1 amide bonds. The van der Waals surface area contributed by atoms with Crippen LogP contribution in [0.15, 0.2) is 24.3 Å². The molecule has 0 aromatic heterocycles. The molecule has 6 heteroatoms. The van der Waals surface area contributed by atoms with Crippen molar-refractivity contribution < 1.29 is 19.8 Å². The number of aliphatic hydroxyl groups is 1. The molecule has 112 valence electrons. The Bertz CT molecular complexity index is 600. The molecule has 21 heavy (non-hydrogen) atoms. The minimum Gasteiger partial charge on any atom is -0.478 e. The predicted molar refractivity (Wildman–Crippen MR) is 76.3 cm³/mol. The Balaban J connectivity index is 1.93. The van der Waals surface area contributed by atoms with Gasteiger partial charge in [-0.2, -0.15) is 0 Å². The summed E-state index contributed by atoms with van der Waals surface area (Å²) in [4.78, 5) is 25.1. The minimum atomic E-state index is -1.09. The number of benzene rings is 1. The normalized spacial score (nSPS) is 32.1. The van der Waals surface area contributed by atoms with Gasteiger partial charge in [-0.1, -0.05) is 0 Å². The Hall–Kier alpha value is -1.92. The smallest absolute Gasteiger partial charge is 0.335 e. The Labute approximate surface area is 122 Å². The van der Waals surface area contributed by atoms with E-state index >= 15 is 0 Å². The molecule has 0 saturated carbocycles. The molecular formula is C15H18N2O4. The number of rotatable bonds is 2. The Kier molecular flexibility index (Phi) is 3.04. The van der Waals surface area contributed by atoms with Gasteiger partial charge in [0.05, 0.1) is 17.5 Å². The molecule has 0 bridgehead atoms. The average Bonchev–Trinajstić information content (AvgIpc) is 2.68. The van der Waals surface area contributed by atoms with Crippen LogP contribution in [0, 0.1) is 5.41 Å². The van der Waals surface area contributed by atoms with Crippen LogP contribution in [0.2, 0.25) is 0 Å². The summed E-state index contributed by atoms with van der Waals surface area (Å²) in [6.45, 7) is 3.12. The van der Waals surface area contributed by atoms with Crippen LogP contribution in [0.3, 0.4) is 0 Å². The highest BCUT2D eigenvalue weighted by atomic mass is 16.4. The van der Waals surface area contributed by atoms with Gasteiger partial charge in [-0.25, -0.2) is 4.79 Å². The number of amides is 1. The van der Waals surface area contributed by atoms with Gasteiger partial charge in [-0.05, 0) is 44.2 Å². The Morgan fingerprint density at radius 1 is 1.33 bits per heavy atom. The van der Waals surface area contributed by atoms with E-state index in [1.807, 2.05) is 6.92 Å². The maximum Gasteiger partial charge on any atom is 0.335 e. The summed E-state index contributed by atoms with van der Waals surface area (Å²) in [6.07, 6.45) is 0.589. The van der Waals surface area contributed by atoms with Gasteiger partial charge in [0.1, 0.15) is 5.60 Å². The lowest BCUT2D eigenvalue weighted by atomic mass is 9.71. The number of carbonyl (C=O) groups excluding carboxylic acids is 1. The van der Waals surface area contributed by atoms with Gasteiger partial charge in [-0.15, -0.1) is 0 Å². The van der Waals surface area contributed by atoms with Crippen molar-refractivity contribution in [3.8, 4) is 0 Å². The summed E-state index contributed by atoms with van der Waals surface area (Å²) in [5.41, 5.74) is -1.08. The summed E-state index contributed by atoms with van der Waals surface area (Å²) in [7, 11) is 0. The lowest BCUT2D eigenvalue weighted by Gasteiger charge is -2.40. The van der Waals surface area contributed by atoms with Crippen LogP contribution in [-0.2, 0) is 4.79 Å². The van der Waals surface area contributed by atoms with E-state index in [-0.39, 0.29) is 18.0 Å². The summed E-state index contributed by atoms with van der Waals surface area (Å²) in [6, 6.07) is 6.16. The number of aromatic carboxylic acids is 1. The second-order valence-corrected chi connectivity index (χ2v) is 6.03. The lowest BCUT2D eigenvalue weighted by Crippen LogP contribution is -2.58. The van der Waals surface area contributed by atoms with Crippen molar-refractivity contribution in [2.45, 2.75) is 18.9 Å². The zero-order chi connectivity index (χ0) is 15.3. The standard InChI is InChI=1S/C15H18N2O4/c1-14-6-7-16-8-15(14,21)9-17(13(14)20)11-4-2-10(3-5-11)12(18)19/h2-5,16,21H,6-9H2,1H3,(H,18,19). The highest BCUT2D eigenvalue weighted by Gasteiger charge is 2.61.